The summed E-state index contributed by atoms with van der Waals surface area (Å²) in [6, 6.07) is 10.4. The standard InChI is InChI=1S/C17H15F3N2O2S/c18-13-4-3-7-16-12(13)10-22(25(16,23)24)15-6-2-1-5-14(15)21-9-8-17(19,20)11-21/h1-7H,8-11H2. The molecule has 25 heavy (non-hydrogen) atoms. The molecule has 4 rings (SSSR count). The van der Waals surface area contributed by atoms with Gasteiger partial charge in [0.1, 0.15) is 5.82 Å². The van der Waals surface area contributed by atoms with Crippen LogP contribution >= 0.6 is 0 Å². The quantitative estimate of drug-likeness (QED) is 0.816. The maximum absolute atomic E-state index is 14.0. The summed E-state index contributed by atoms with van der Waals surface area (Å²) in [7, 11) is -3.92. The molecule has 0 bridgehead atoms. The summed E-state index contributed by atoms with van der Waals surface area (Å²) in [4.78, 5) is 1.40. The summed E-state index contributed by atoms with van der Waals surface area (Å²) in [6.07, 6.45) is -0.275. The van der Waals surface area contributed by atoms with Crippen molar-refractivity contribution in [2.75, 3.05) is 22.3 Å². The number of para-hydroxylation sites is 2. The topological polar surface area (TPSA) is 40.6 Å². The van der Waals surface area contributed by atoms with E-state index in [4.69, 9.17) is 0 Å². The summed E-state index contributed by atoms with van der Waals surface area (Å²) >= 11 is 0. The summed E-state index contributed by atoms with van der Waals surface area (Å²) in [5.74, 6) is -3.39. The second-order valence-corrected chi connectivity index (χ2v) is 8.08. The largest absolute Gasteiger partial charge is 0.364 e. The maximum Gasteiger partial charge on any atom is 0.266 e. The smallest absolute Gasteiger partial charge is 0.266 e. The van der Waals surface area contributed by atoms with E-state index in [2.05, 4.69) is 0 Å². The molecule has 0 unspecified atom stereocenters. The molecule has 2 aromatic carbocycles. The molecule has 0 radical (unpaired) electrons. The fraction of sp³-hybridized carbons (Fsp3) is 0.294. The van der Waals surface area contributed by atoms with Crippen molar-refractivity contribution in [3.8, 4) is 0 Å². The van der Waals surface area contributed by atoms with Gasteiger partial charge in [-0.05, 0) is 24.3 Å². The Bertz CT molecular complexity index is 947. The first-order valence-electron chi connectivity index (χ1n) is 7.81. The third-order valence-corrected chi connectivity index (χ3v) is 6.45. The van der Waals surface area contributed by atoms with E-state index in [9.17, 15) is 21.6 Å². The van der Waals surface area contributed by atoms with Crippen LogP contribution < -0.4 is 9.21 Å². The van der Waals surface area contributed by atoms with Crippen molar-refractivity contribution in [3.63, 3.8) is 0 Å². The molecule has 2 aliphatic rings. The van der Waals surface area contributed by atoms with Crippen LogP contribution in [0, 0.1) is 5.82 Å². The van der Waals surface area contributed by atoms with Crippen LogP contribution in [0.15, 0.2) is 47.4 Å². The Morgan fingerprint density at radius 2 is 1.72 bits per heavy atom. The van der Waals surface area contributed by atoms with E-state index in [0.29, 0.717) is 5.69 Å². The summed E-state index contributed by atoms with van der Waals surface area (Å²) in [6.45, 7) is -0.468. The number of hydrogen-bond acceptors (Lipinski definition) is 3. The lowest BCUT2D eigenvalue weighted by molar-refractivity contribution is 0.0257. The zero-order valence-corrected chi connectivity index (χ0v) is 13.9. The molecule has 4 nitrogen and oxygen atoms in total. The van der Waals surface area contributed by atoms with E-state index in [1.165, 1.54) is 23.1 Å². The molecule has 2 aromatic rings. The number of rotatable bonds is 2. The second-order valence-electron chi connectivity index (χ2n) is 6.24. The van der Waals surface area contributed by atoms with Crippen molar-refractivity contribution in [1.82, 2.24) is 0 Å². The fourth-order valence-electron chi connectivity index (χ4n) is 3.38. The zero-order chi connectivity index (χ0) is 17.8. The van der Waals surface area contributed by atoms with Gasteiger partial charge in [0.05, 0.1) is 29.4 Å². The number of alkyl halides is 2. The molecule has 0 spiro atoms. The molecule has 8 heteroatoms. The third-order valence-electron chi connectivity index (χ3n) is 4.61. The van der Waals surface area contributed by atoms with Gasteiger partial charge in [0.15, 0.2) is 0 Å². The Labute approximate surface area is 143 Å². The van der Waals surface area contributed by atoms with Crippen LogP contribution in [0.1, 0.15) is 12.0 Å². The molecule has 0 N–H and O–H groups in total. The molecule has 0 atom stereocenters. The number of sulfonamides is 1. The fourth-order valence-corrected chi connectivity index (χ4v) is 5.05. The first-order valence-corrected chi connectivity index (χ1v) is 9.25. The highest BCUT2D eigenvalue weighted by atomic mass is 32.2. The predicted octanol–water partition coefficient (Wildman–Crippen LogP) is 3.38. The number of hydrogen-bond donors (Lipinski definition) is 0. The van der Waals surface area contributed by atoms with Crippen molar-refractivity contribution < 1.29 is 21.6 Å². The second kappa shape index (κ2) is 5.39. The van der Waals surface area contributed by atoms with Crippen molar-refractivity contribution in [2.45, 2.75) is 23.8 Å². The number of anilines is 2. The number of benzene rings is 2. The van der Waals surface area contributed by atoms with Gasteiger partial charge in [0, 0.05) is 18.5 Å². The lowest BCUT2D eigenvalue weighted by atomic mass is 10.2. The van der Waals surface area contributed by atoms with Gasteiger partial charge in [-0.15, -0.1) is 0 Å². The average molecular weight is 368 g/mol. The highest BCUT2D eigenvalue weighted by Crippen LogP contribution is 2.42. The lowest BCUT2D eigenvalue weighted by Gasteiger charge is -2.26. The number of fused-ring (bicyclic) bond motifs is 1. The van der Waals surface area contributed by atoms with Gasteiger partial charge >= 0.3 is 0 Å². The van der Waals surface area contributed by atoms with Gasteiger partial charge in [-0.2, -0.15) is 0 Å². The average Bonchev–Trinajstić information content (AvgIpc) is 3.05. The first-order chi connectivity index (χ1) is 11.8. The Kier molecular flexibility index (Phi) is 3.50. The molecule has 1 fully saturated rings. The monoisotopic (exact) mass is 368 g/mol. The highest BCUT2D eigenvalue weighted by Gasteiger charge is 2.42. The third kappa shape index (κ3) is 2.55. The molecular weight excluding hydrogens is 353 g/mol. The SMILES string of the molecule is O=S1(=O)c2cccc(F)c2CN1c1ccccc1N1CCC(F)(F)C1. The minimum absolute atomic E-state index is 0.0749. The van der Waals surface area contributed by atoms with Gasteiger partial charge in [0.25, 0.3) is 15.9 Å². The predicted molar refractivity (Wildman–Crippen MR) is 88.0 cm³/mol. The number of nitrogens with zero attached hydrogens (tertiary/aromatic N) is 2. The normalized spacial score (nSPS) is 20.8. The Balaban J connectivity index is 1.79. The van der Waals surface area contributed by atoms with E-state index < -0.39 is 28.3 Å². The maximum atomic E-state index is 14.0. The van der Waals surface area contributed by atoms with E-state index in [1.54, 1.807) is 24.3 Å². The molecule has 2 heterocycles. The van der Waals surface area contributed by atoms with Crippen LogP contribution in [-0.2, 0) is 16.6 Å². The Morgan fingerprint density at radius 1 is 1.00 bits per heavy atom. The van der Waals surface area contributed by atoms with Crippen LogP contribution in [0.2, 0.25) is 0 Å². The van der Waals surface area contributed by atoms with Gasteiger partial charge in [-0.3, -0.25) is 4.31 Å². The minimum Gasteiger partial charge on any atom is -0.364 e. The molecule has 2 aliphatic heterocycles. The van der Waals surface area contributed by atoms with Gasteiger partial charge in [-0.1, -0.05) is 18.2 Å². The zero-order valence-electron chi connectivity index (χ0n) is 13.1. The summed E-state index contributed by atoms with van der Waals surface area (Å²) in [5.41, 5.74) is 0.802. The molecule has 0 amide bonds. The van der Waals surface area contributed by atoms with Gasteiger partial charge in [-0.25, -0.2) is 21.6 Å². The van der Waals surface area contributed by atoms with Crippen LogP contribution in [-0.4, -0.2) is 27.4 Å². The molecule has 0 aromatic heterocycles. The Morgan fingerprint density at radius 3 is 2.36 bits per heavy atom. The van der Waals surface area contributed by atoms with E-state index in [1.807, 2.05) is 0 Å². The van der Waals surface area contributed by atoms with Gasteiger partial charge < -0.3 is 4.90 Å². The molecule has 132 valence electrons. The molecule has 0 saturated carbocycles. The Hall–Kier alpha value is -2.22. The molecule has 0 aliphatic carbocycles. The molecule has 1 saturated heterocycles. The summed E-state index contributed by atoms with van der Waals surface area (Å²) < 4.78 is 67.9. The number of halogens is 3. The van der Waals surface area contributed by atoms with Crippen molar-refractivity contribution >= 4 is 21.4 Å². The highest BCUT2D eigenvalue weighted by molar-refractivity contribution is 7.93. The van der Waals surface area contributed by atoms with E-state index in [0.717, 1.165) is 4.31 Å². The first kappa shape index (κ1) is 16.3. The van der Waals surface area contributed by atoms with Crippen LogP contribution in [0.5, 0.6) is 0 Å². The van der Waals surface area contributed by atoms with Crippen LogP contribution in [0.4, 0.5) is 24.5 Å². The van der Waals surface area contributed by atoms with E-state index in [-0.39, 0.29) is 35.7 Å². The van der Waals surface area contributed by atoms with E-state index >= 15 is 0 Å². The molecular formula is C17H15F3N2O2S. The van der Waals surface area contributed by atoms with Crippen LogP contribution in [0.25, 0.3) is 0 Å². The van der Waals surface area contributed by atoms with Crippen molar-refractivity contribution in [2.24, 2.45) is 0 Å². The summed E-state index contributed by atoms with van der Waals surface area (Å²) in [5, 5.41) is 0. The van der Waals surface area contributed by atoms with Crippen LogP contribution in [0.3, 0.4) is 0 Å². The lowest BCUT2D eigenvalue weighted by Crippen LogP contribution is -2.29. The van der Waals surface area contributed by atoms with Gasteiger partial charge in [0.2, 0.25) is 0 Å². The van der Waals surface area contributed by atoms with Crippen molar-refractivity contribution in [1.29, 1.82) is 0 Å². The minimum atomic E-state index is -3.92. The van der Waals surface area contributed by atoms with Crippen molar-refractivity contribution in [3.05, 3.63) is 53.8 Å².